The van der Waals surface area contributed by atoms with Crippen LogP contribution in [0.25, 0.3) is 0 Å². The average Bonchev–Trinajstić information content (AvgIpc) is 2.15. The molecule has 0 aromatic rings. The summed E-state index contributed by atoms with van der Waals surface area (Å²) in [6, 6.07) is 0. The third-order valence-corrected chi connectivity index (χ3v) is 3.07. The lowest BCUT2D eigenvalue weighted by molar-refractivity contribution is -0.0334. The zero-order chi connectivity index (χ0) is 7.78. The zero-order valence-electron chi connectivity index (χ0n) is 7.22. The molecule has 0 aromatic carbocycles. The minimum atomic E-state index is -0.347. The number of hydrogen-bond acceptors (Lipinski definition) is 1. The van der Waals surface area contributed by atoms with E-state index >= 15 is 0 Å². The van der Waals surface area contributed by atoms with Crippen LogP contribution in [0.1, 0.15) is 40.0 Å². The monoisotopic (exact) mass is 142 g/mol. The highest BCUT2D eigenvalue weighted by atomic mass is 16.3. The topological polar surface area (TPSA) is 20.2 Å². The first-order chi connectivity index (χ1) is 4.57. The van der Waals surface area contributed by atoms with Crippen LogP contribution in [0.4, 0.5) is 0 Å². The Bertz CT molecular complexity index is 120. The summed E-state index contributed by atoms with van der Waals surface area (Å²) in [5.74, 6) is 0.928. The van der Waals surface area contributed by atoms with E-state index < -0.39 is 0 Å². The molecule has 0 aliphatic heterocycles. The van der Waals surface area contributed by atoms with Gasteiger partial charge in [-0.15, -0.1) is 0 Å². The van der Waals surface area contributed by atoms with Crippen molar-refractivity contribution in [2.24, 2.45) is 11.8 Å². The molecule has 0 aromatic heterocycles. The van der Waals surface area contributed by atoms with Crippen molar-refractivity contribution in [2.75, 3.05) is 0 Å². The highest BCUT2D eigenvalue weighted by Crippen LogP contribution is 2.40. The van der Waals surface area contributed by atoms with Gasteiger partial charge in [0.2, 0.25) is 0 Å². The molecule has 1 N–H and O–H groups in total. The molecule has 2 atom stereocenters. The van der Waals surface area contributed by atoms with Gasteiger partial charge in [0.25, 0.3) is 0 Å². The lowest BCUT2D eigenvalue weighted by atomic mass is 9.82. The van der Waals surface area contributed by atoms with Gasteiger partial charge in [0.1, 0.15) is 0 Å². The fraction of sp³-hybridized carbons (Fsp3) is 1.00. The second-order valence-corrected chi connectivity index (χ2v) is 3.94. The van der Waals surface area contributed by atoms with Gasteiger partial charge < -0.3 is 5.11 Å². The van der Waals surface area contributed by atoms with E-state index in [1.165, 1.54) is 12.8 Å². The van der Waals surface area contributed by atoms with E-state index in [1.807, 2.05) is 0 Å². The predicted molar refractivity (Wildman–Crippen MR) is 42.8 cm³/mol. The summed E-state index contributed by atoms with van der Waals surface area (Å²) in [6.07, 6.45) is 3.41. The molecule has 0 radical (unpaired) electrons. The molecule has 1 heteroatoms. The van der Waals surface area contributed by atoms with Gasteiger partial charge >= 0.3 is 0 Å². The maximum Gasteiger partial charge on any atom is 0.0695 e. The highest BCUT2D eigenvalue weighted by molar-refractivity contribution is 4.91. The van der Waals surface area contributed by atoms with E-state index in [0.29, 0.717) is 11.8 Å². The van der Waals surface area contributed by atoms with E-state index in [2.05, 4.69) is 20.8 Å². The van der Waals surface area contributed by atoms with Crippen molar-refractivity contribution < 1.29 is 5.11 Å². The van der Waals surface area contributed by atoms with Crippen LogP contribution in [-0.4, -0.2) is 10.7 Å². The Morgan fingerprint density at radius 2 is 2.10 bits per heavy atom. The van der Waals surface area contributed by atoms with Crippen LogP contribution in [0.15, 0.2) is 0 Å². The molecular weight excluding hydrogens is 124 g/mol. The van der Waals surface area contributed by atoms with E-state index in [0.717, 1.165) is 6.42 Å². The van der Waals surface area contributed by atoms with Crippen LogP contribution in [-0.2, 0) is 0 Å². The van der Waals surface area contributed by atoms with Crippen molar-refractivity contribution in [3.05, 3.63) is 0 Å². The smallest absolute Gasteiger partial charge is 0.0695 e. The van der Waals surface area contributed by atoms with E-state index in [-0.39, 0.29) is 5.60 Å². The molecule has 0 spiro atoms. The summed E-state index contributed by atoms with van der Waals surface area (Å²) in [4.78, 5) is 0. The molecule has 1 fully saturated rings. The first-order valence-corrected chi connectivity index (χ1v) is 4.29. The molecule has 0 heterocycles. The van der Waals surface area contributed by atoms with Crippen LogP contribution in [0, 0.1) is 11.8 Å². The summed E-state index contributed by atoms with van der Waals surface area (Å²) in [7, 11) is 0. The van der Waals surface area contributed by atoms with E-state index in [1.54, 1.807) is 0 Å². The molecule has 1 nitrogen and oxygen atoms in total. The molecule has 0 bridgehead atoms. The largest absolute Gasteiger partial charge is 0.389 e. The van der Waals surface area contributed by atoms with Crippen LogP contribution in [0.2, 0.25) is 0 Å². The standard InChI is InChI=1S/C9H18O/c1-7(2)9(10)6-4-5-8(9)3/h7-8,10H,4-6H2,1-3H3/t8-,9+/m1/s1. The van der Waals surface area contributed by atoms with Crippen LogP contribution >= 0.6 is 0 Å². The normalized spacial score (nSPS) is 41.1. The third kappa shape index (κ3) is 1.07. The first-order valence-electron chi connectivity index (χ1n) is 4.29. The lowest BCUT2D eigenvalue weighted by Gasteiger charge is -2.31. The maximum atomic E-state index is 10.0. The van der Waals surface area contributed by atoms with Crippen molar-refractivity contribution in [3.63, 3.8) is 0 Å². The third-order valence-electron chi connectivity index (χ3n) is 3.07. The van der Waals surface area contributed by atoms with Crippen LogP contribution in [0.5, 0.6) is 0 Å². The summed E-state index contributed by atoms with van der Waals surface area (Å²) in [5, 5.41) is 10.0. The summed E-state index contributed by atoms with van der Waals surface area (Å²) < 4.78 is 0. The Balaban J connectivity index is 2.66. The Hall–Kier alpha value is -0.0400. The predicted octanol–water partition coefficient (Wildman–Crippen LogP) is 2.19. The van der Waals surface area contributed by atoms with Gasteiger partial charge in [-0.05, 0) is 24.7 Å². The Kier molecular flexibility index (Phi) is 2.04. The van der Waals surface area contributed by atoms with E-state index in [4.69, 9.17) is 0 Å². The number of aliphatic hydroxyl groups is 1. The molecule has 0 unspecified atom stereocenters. The van der Waals surface area contributed by atoms with Crippen molar-refractivity contribution in [2.45, 2.75) is 45.6 Å². The molecule has 1 saturated carbocycles. The summed E-state index contributed by atoms with van der Waals surface area (Å²) in [6.45, 7) is 6.39. The Morgan fingerprint density at radius 3 is 2.30 bits per heavy atom. The highest BCUT2D eigenvalue weighted by Gasteiger charge is 2.40. The van der Waals surface area contributed by atoms with Gasteiger partial charge in [-0.2, -0.15) is 0 Å². The van der Waals surface area contributed by atoms with Crippen LogP contribution in [0.3, 0.4) is 0 Å². The second kappa shape index (κ2) is 2.54. The van der Waals surface area contributed by atoms with Crippen molar-refractivity contribution >= 4 is 0 Å². The number of rotatable bonds is 1. The molecule has 1 rings (SSSR count). The van der Waals surface area contributed by atoms with Crippen molar-refractivity contribution in [1.29, 1.82) is 0 Å². The Morgan fingerprint density at radius 1 is 1.50 bits per heavy atom. The Labute approximate surface area is 63.4 Å². The second-order valence-electron chi connectivity index (χ2n) is 3.94. The molecule has 1 aliphatic rings. The molecular formula is C9H18O. The van der Waals surface area contributed by atoms with Gasteiger partial charge in [-0.25, -0.2) is 0 Å². The summed E-state index contributed by atoms with van der Waals surface area (Å²) >= 11 is 0. The molecule has 1 aliphatic carbocycles. The average molecular weight is 142 g/mol. The quantitative estimate of drug-likeness (QED) is 0.595. The molecule has 10 heavy (non-hydrogen) atoms. The van der Waals surface area contributed by atoms with Gasteiger partial charge in [-0.3, -0.25) is 0 Å². The minimum absolute atomic E-state index is 0.347. The lowest BCUT2D eigenvalue weighted by Crippen LogP contribution is -2.37. The van der Waals surface area contributed by atoms with Crippen molar-refractivity contribution in [1.82, 2.24) is 0 Å². The zero-order valence-corrected chi connectivity index (χ0v) is 7.22. The van der Waals surface area contributed by atoms with Gasteiger partial charge in [0, 0.05) is 0 Å². The van der Waals surface area contributed by atoms with Gasteiger partial charge in [0.15, 0.2) is 0 Å². The summed E-state index contributed by atoms with van der Waals surface area (Å²) in [5.41, 5.74) is -0.347. The van der Waals surface area contributed by atoms with Crippen LogP contribution < -0.4 is 0 Å². The molecule has 0 saturated heterocycles. The van der Waals surface area contributed by atoms with Crippen molar-refractivity contribution in [3.8, 4) is 0 Å². The maximum absolute atomic E-state index is 10.0. The van der Waals surface area contributed by atoms with E-state index in [9.17, 15) is 5.11 Å². The molecule has 0 amide bonds. The SMILES string of the molecule is CC(C)[C@@]1(O)CCC[C@H]1C. The number of hydrogen-bond donors (Lipinski definition) is 1. The minimum Gasteiger partial charge on any atom is -0.389 e. The van der Waals surface area contributed by atoms with Gasteiger partial charge in [-0.1, -0.05) is 27.2 Å². The van der Waals surface area contributed by atoms with Gasteiger partial charge in [0.05, 0.1) is 5.60 Å². The first kappa shape index (κ1) is 8.06. The fourth-order valence-corrected chi connectivity index (χ4v) is 2.05. The fourth-order valence-electron chi connectivity index (χ4n) is 2.05. The molecule has 60 valence electrons.